The van der Waals surface area contributed by atoms with Crippen LogP contribution in [0.2, 0.25) is 0 Å². The van der Waals surface area contributed by atoms with Gasteiger partial charge in [-0.2, -0.15) is 0 Å². The first kappa shape index (κ1) is 17.7. The van der Waals surface area contributed by atoms with E-state index in [9.17, 15) is 19.7 Å². The summed E-state index contributed by atoms with van der Waals surface area (Å²) in [7, 11) is 0. The average molecular weight is 378 g/mol. The maximum atomic E-state index is 12.7. The van der Waals surface area contributed by atoms with Crippen molar-refractivity contribution in [3.05, 3.63) is 69.9 Å². The number of hydrogen-bond acceptors (Lipinski definition) is 4. The van der Waals surface area contributed by atoms with Gasteiger partial charge in [-0.05, 0) is 24.6 Å². The molecule has 2 aromatic carbocycles. The molecule has 2 amide bonds. The van der Waals surface area contributed by atoms with E-state index in [1.165, 1.54) is 18.2 Å². The number of nitrogens with one attached hydrogen (secondary N) is 2. The number of H-pyrrole nitrogens is 1. The molecular weight excluding hydrogens is 360 g/mol. The van der Waals surface area contributed by atoms with Gasteiger partial charge in [0, 0.05) is 48.0 Å². The number of rotatable bonds is 4. The number of aromatic nitrogens is 1. The van der Waals surface area contributed by atoms with E-state index in [-0.39, 0.29) is 23.4 Å². The minimum Gasteiger partial charge on any atom is -0.360 e. The molecule has 8 heteroatoms. The molecule has 0 saturated carbocycles. The number of carbonyl (C=O) groups excluding carboxylic acids is 2. The maximum Gasteiger partial charge on any atom is 0.269 e. The lowest BCUT2D eigenvalue weighted by molar-refractivity contribution is -0.384. The van der Waals surface area contributed by atoms with Crippen molar-refractivity contribution in [2.45, 2.75) is 6.92 Å². The lowest BCUT2D eigenvalue weighted by atomic mass is 9.97. The van der Waals surface area contributed by atoms with Crippen molar-refractivity contribution < 1.29 is 14.5 Å². The molecule has 0 unspecified atom stereocenters. The molecule has 28 heavy (non-hydrogen) atoms. The van der Waals surface area contributed by atoms with Crippen LogP contribution in [0.25, 0.3) is 10.9 Å². The summed E-state index contributed by atoms with van der Waals surface area (Å²) in [5.74, 6) is -0.600. The van der Waals surface area contributed by atoms with Crippen molar-refractivity contribution in [2.24, 2.45) is 5.92 Å². The van der Waals surface area contributed by atoms with E-state index >= 15 is 0 Å². The van der Waals surface area contributed by atoms with Crippen molar-refractivity contribution in [1.29, 1.82) is 0 Å². The highest BCUT2D eigenvalue weighted by Crippen LogP contribution is 2.26. The standard InChI is InChI=1S/C20H18N4O4/c1-12-8-14(24(27)28)6-7-17(12)22-19(25)13-10-23(11-13)20(26)16-9-21-18-5-3-2-4-15(16)18/h2-9,13,21H,10-11H2,1H3,(H,22,25). The van der Waals surface area contributed by atoms with Gasteiger partial charge < -0.3 is 15.2 Å². The van der Waals surface area contributed by atoms with Crippen molar-refractivity contribution in [2.75, 3.05) is 18.4 Å². The highest BCUT2D eigenvalue weighted by molar-refractivity contribution is 6.07. The SMILES string of the molecule is Cc1cc([N+](=O)[O-])ccc1NC(=O)C1CN(C(=O)c2c[nH]c3ccccc23)C1. The Labute approximate surface area is 160 Å². The molecule has 1 saturated heterocycles. The minimum absolute atomic E-state index is 0.0188. The number of non-ortho nitro benzene ring substituents is 1. The molecule has 0 radical (unpaired) electrons. The predicted octanol–water partition coefficient (Wildman–Crippen LogP) is 3.10. The zero-order chi connectivity index (χ0) is 19.8. The van der Waals surface area contributed by atoms with Crippen LogP contribution in [0.4, 0.5) is 11.4 Å². The first-order valence-electron chi connectivity index (χ1n) is 8.85. The van der Waals surface area contributed by atoms with Crippen molar-refractivity contribution in [1.82, 2.24) is 9.88 Å². The zero-order valence-electron chi connectivity index (χ0n) is 15.1. The van der Waals surface area contributed by atoms with Gasteiger partial charge in [-0.15, -0.1) is 0 Å². The van der Waals surface area contributed by atoms with Crippen molar-refractivity contribution in [3.63, 3.8) is 0 Å². The van der Waals surface area contributed by atoms with Gasteiger partial charge in [-0.25, -0.2) is 0 Å². The summed E-state index contributed by atoms with van der Waals surface area (Å²) in [5, 5.41) is 14.5. The molecular formula is C20H18N4O4. The fourth-order valence-corrected chi connectivity index (χ4v) is 3.37. The Hall–Kier alpha value is -3.68. The topological polar surface area (TPSA) is 108 Å². The number of benzene rings is 2. The van der Waals surface area contributed by atoms with Gasteiger partial charge in [0.1, 0.15) is 0 Å². The summed E-state index contributed by atoms with van der Waals surface area (Å²) in [6.45, 7) is 2.39. The lowest BCUT2D eigenvalue weighted by Gasteiger charge is -2.38. The van der Waals surface area contributed by atoms with E-state index in [0.717, 1.165) is 10.9 Å². The van der Waals surface area contributed by atoms with Gasteiger partial charge in [0.2, 0.25) is 5.91 Å². The van der Waals surface area contributed by atoms with Crippen molar-refractivity contribution in [3.8, 4) is 0 Å². The third-order valence-electron chi connectivity index (χ3n) is 5.04. The van der Waals surface area contributed by atoms with Crippen LogP contribution in [-0.4, -0.2) is 39.7 Å². The number of aromatic amines is 1. The van der Waals surface area contributed by atoms with E-state index in [2.05, 4.69) is 10.3 Å². The molecule has 2 N–H and O–H groups in total. The maximum absolute atomic E-state index is 12.7. The van der Waals surface area contributed by atoms with E-state index < -0.39 is 4.92 Å². The molecule has 0 aliphatic carbocycles. The van der Waals surface area contributed by atoms with Crippen LogP contribution in [0.15, 0.2) is 48.7 Å². The first-order chi connectivity index (χ1) is 13.4. The van der Waals surface area contributed by atoms with E-state index in [1.807, 2.05) is 24.3 Å². The number of carbonyl (C=O) groups is 2. The highest BCUT2D eigenvalue weighted by atomic mass is 16.6. The lowest BCUT2D eigenvalue weighted by Crippen LogP contribution is -2.54. The Bertz CT molecular complexity index is 1100. The molecule has 1 aliphatic rings. The Balaban J connectivity index is 1.39. The smallest absolute Gasteiger partial charge is 0.269 e. The number of aryl methyl sites for hydroxylation is 1. The number of anilines is 1. The Morgan fingerprint density at radius 2 is 1.96 bits per heavy atom. The predicted molar refractivity (Wildman–Crippen MR) is 104 cm³/mol. The Morgan fingerprint density at radius 3 is 2.68 bits per heavy atom. The number of nitro benzene ring substituents is 1. The van der Waals surface area contributed by atoms with Crippen LogP contribution in [-0.2, 0) is 4.79 Å². The molecule has 8 nitrogen and oxygen atoms in total. The molecule has 1 aromatic heterocycles. The van der Waals surface area contributed by atoms with Crippen LogP contribution in [0.1, 0.15) is 15.9 Å². The van der Waals surface area contributed by atoms with Crippen molar-refractivity contribution >= 4 is 34.1 Å². The molecule has 1 fully saturated rings. The largest absolute Gasteiger partial charge is 0.360 e. The van der Waals surface area contributed by atoms with Crippen LogP contribution >= 0.6 is 0 Å². The second kappa shape index (κ2) is 6.80. The molecule has 4 rings (SSSR count). The zero-order valence-corrected chi connectivity index (χ0v) is 15.1. The summed E-state index contributed by atoms with van der Waals surface area (Å²) < 4.78 is 0. The van der Waals surface area contributed by atoms with Crippen LogP contribution in [0.5, 0.6) is 0 Å². The molecule has 0 bridgehead atoms. The fraction of sp³-hybridized carbons (Fsp3) is 0.200. The molecule has 0 spiro atoms. The molecule has 142 valence electrons. The summed E-state index contributed by atoms with van der Waals surface area (Å²) in [4.78, 5) is 40.2. The van der Waals surface area contributed by atoms with Crippen LogP contribution < -0.4 is 5.32 Å². The minimum atomic E-state index is -0.473. The second-order valence-corrected chi connectivity index (χ2v) is 6.90. The Morgan fingerprint density at radius 1 is 1.21 bits per heavy atom. The van der Waals surface area contributed by atoms with Crippen LogP contribution in [0, 0.1) is 23.0 Å². The summed E-state index contributed by atoms with van der Waals surface area (Å²) in [6.07, 6.45) is 1.70. The van der Waals surface area contributed by atoms with Gasteiger partial charge in [0.15, 0.2) is 0 Å². The second-order valence-electron chi connectivity index (χ2n) is 6.90. The number of fused-ring (bicyclic) bond motifs is 1. The number of likely N-dealkylation sites (tertiary alicyclic amines) is 1. The summed E-state index contributed by atoms with van der Waals surface area (Å²) in [6, 6.07) is 11.9. The normalized spacial score (nSPS) is 14.0. The van der Waals surface area contributed by atoms with E-state index in [1.54, 1.807) is 18.0 Å². The van der Waals surface area contributed by atoms with Gasteiger partial charge >= 0.3 is 0 Å². The van der Waals surface area contributed by atoms with Gasteiger partial charge in [-0.3, -0.25) is 19.7 Å². The summed E-state index contributed by atoms with van der Waals surface area (Å²) >= 11 is 0. The number of amides is 2. The number of hydrogen-bond donors (Lipinski definition) is 2. The molecule has 2 heterocycles. The monoisotopic (exact) mass is 378 g/mol. The van der Waals surface area contributed by atoms with Gasteiger partial charge in [-0.1, -0.05) is 18.2 Å². The van der Waals surface area contributed by atoms with Gasteiger partial charge in [0.05, 0.1) is 16.4 Å². The number of nitro groups is 1. The van der Waals surface area contributed by atoms with E-state index in [4.69, 9.17) is 0 Å². The molecule has 3 aromatic rings. The third kappa shape index (κ3) is 3.09. The van der Waals surface area contributed by atoms with Gasteiger partial charge in [0.25, 0.3) is 11.6 Å². The molecule has 0 atom stereocenters. The Kier molecular flexibility index (Phi) is 4.31. The highest BCUT2D eigenvalue weighted by Gasteiger charge is 2.36. The number of nitrogens with zero attached hydrogens (tertiary/aromatic N) is 2. The summed E-state index contributed by atoms with van der Waals surface area (Å²) in [5.41, 5.74) is 2.63. The fourth-order valence-electron chi connectivity index (χ4n) is 3.37. The number of para-hydroxylation sites is 1. The van der Waals surface area contributed by atoms with E-state index in [0.29, 0.717) is 29.9 Å². The quantitative estimate of drug-likeness (QED) is 0.537. The average Bonchev–Trinajstić information content (AvgIpc) is 3.06. The first-order valence-corrected chi connectivity index (χ1v) is 8.85. The third-order valence-corrected chi connectivity index (χ3v) is 5.04. The molecule has 1 aliphatic heterocycles. The van der Waals surface area contributed by atoms with Crippen LogP contribution in [0.3, 0.4) is 0 Å².